The third kappa shape index (κ3) is 4.21. The van der Waals surface area contributed by atoms with Crippen LogP contribution in [0.25, 0.3) is 0 Å². The molecule has 1 rings (SSSR count). The number of phenolic OH excluding ortho intramolecular Hbond substituents is 1. The van der Waals surface area contributed by atoms with Gasteiger partial charge in [-0.25, -0.2) is 0 Å². The van der Waals surface area contributed by atoms with Crippen LogP contribution in [-0.2, 0) is 13.0 Å². The van der Waals surface area contributed by atoms with Gasteiger partial charge < -0.3 is 15.7 Å². The fourth-order valence-electron chi connectivity index (χ4n) is 1.66. The Labute approximate surface area is 97.9 Å². The molecule has 0 spiro atoms. The topological polar surface area (TPSA) is 49.5 Å². The highest BCUT2D eigenvalue weighted by molar-refractivity contribution is 5.36. The number of nitrogens with two attached hydrogens (primary N) is 1. The average molecular weight is 222 g/mol. The average Bonchev–Trinajstić information content (AvgIpc) is 2.18. The Kier molecular flexibility index (Phi) is 4.77. The number of nitrogens with zero attached hydrogens (tertiary/aromatic N) is 1. The van der Waals surface area contributed by atoms with E-state index in [0.717, 1.165) is 24.9 Å². The van der Waals surface area contributed by atoms with E-state index in [1.165, 1.54) is 5.56 Å². The van der Waals surface area contributed by atoms with E-state index in [-0.39, 0.29) is 6.04 Å². The first kappa shape index (κ1) is 13.0. The van der Waals surface area contributed by atoms with Crippen LogP contribution in [-0.4, -0.2) is 30.1 Å². The minimum Gasteiger partial charge on any atom is -0.508 e. The van der Waals surface area contributed by atoms with Crippen LogP contribution in [0, 0.1) is 0 Å². The molecule has 3 N–H and O–H groups in total. The van der Waals surface area contributed by atoms with Crippen molar-refractivity contribution in [2.45, 2.75) is 32.4 Å². The van der Waals surface area contributed by atoms with Gasteiger partial charge in [0.25, 0.3) is 0 Å². The second-order valence-electron chi connectivity index (χ2n) is 4.72. The van der Waals surface area contributed by atoms with E-state index in [9.17, 15) is 5.11 Å². The number of hydrogen-bond donors (Lipinski definition) is 2. The second kappa shape index (κ2) is 5.87. The molecular weight excluding hydrogens is 200 g/mol. The molecule has 90 valence electrons. The highest BCUT2D eigenvalue weighted by Crippen LogP contribution is 2.20. The van der Waals surface area contributed by atoms with Gasteiger partial charge >= 0.3 is 0 Å². The van der Waals surface area contributed by atoms with E-state index < -0.39 is 0 Å². The van der Waals surface area contributed by atoms with E-state index >= 15 is 0 Å². The molecule has 0 aliphatic rings. The third-order valence-corrected chi connectivity index (χ3v) is 2.52. The van der Waals surface area contributed by atoms with Gasteiger partial charge in [-0.15, -0.1) is 0 Å². The number of hydrogen-bond acceptors (Lipinski definition) is 3. The fourth-order valence-corrected chi connectivity index (χ4v) is 1.66. The Balaban J connectivity index is 2.73. The lowest BCUT2D eigenvalue weighted by molar-refractivity contribution is 0.385. The lowest BCUT2D eigenvalue weighted by atomic mass is 10.0. The van der Waals surface area contributed by atoms with Crippen molar-refractivity contribution in [1.29, 1.82) is 0 Å². The minimum atomic E-state index is 0.228. The fraction of sp³-hybridized carbons (Fsp3) is 0.538. The van der Waals surface area contributed by atoms with Crippen LogP contribution in [0.4, 0.5) is 0 Å². The maximum Gasteiger partial charge on any atom is 0.120 e. The van der Waals surface area contributed by atoms with Gasteiger partial charge in [0.1, 0.15) is 5.75 Å². The van der Waals surface area contributed by atoms with Crippen LogP contribution in [0.1, 0.15) is 24.5 Å². The minimum absolute atomic E-state index is 0.228. The predicted molar refractivity (Wildman–Crippen MR) is 67.5 cm³/mol. The molecule has 0 fully saturated rings. The molecule has 1 aromatic rings. The van der Waals surface area contributed by atoms with Crippen molar-refractivity contribution in [1.82, 2.24) is 4.90 Å². The predicted octanol–water partition coefficient (Wildman–Crippen LogP) is 1.73. The number of rotatable bonds is 5. The van der Waals surface area contributed by atoms with Crippen LogP contribution < -0.4 is 5.73 Å². The molecule has 0 aliphatic heterocycles. The number of phenols is 1. The quantitative estimate of drug-likeness (QED) is 0.797. The first-order valence-corrected chi connectivity index (χ1v) is 5.70. The van der Waals surface area contributed by atoms with Gasteiger partial charge in [0.05, 0.1) is 0 Å². The normalized spacial score (nSPS) is 13.1. The summed E-state index contributed by atoms with van der Waals surface area (Å²) in [7, 11) is 3.99. The lowest BCUT2D eigenvalue weighted by Crippen LogP contribution is -2.15. The molecule has 0 aliphatic carbocycles. The molecule has 0 radical (unpaired) electrons. The van der Waals surface area contributed by atoms with Crippen LogP contribution in [0.5, 0.6) is 5.75 Å². The Hall–Kier alpha value is -1.06. The molecule has 0 amide bonds. The Morgan fingerprint density at radius 1 is 1.38 bits per heavy atom. The highest BCUT2D eigenvalue weighted by Gasteiger charge is 2.05. The zero-order valence-electron chi connectivity index (χ0n) is 10.4. The monoisotopic (exact) mass is 222 g/mol. The van der Waals surface area contributed by atoms with Crippen LogP contribution >= 0.6 is 0 Å². The molecule has 1 atom stereocenters. The van der Waals surface area contributed by atoms with Crippen molar-refractivity contribution >= 4 is 0 Å². The van der Waals surface area contributed by atoms with Gasteiger partial charge in [-0.2, -0.15) is 0 Å². The van der Waals surface area contributed by atoms with Gasteiger partial charge in [0.15, 0.2) is 0 Å². The largest absolute Gasteiger partial charge is 0.508 e. The molecule has 1 aromatic carbocycles. The molecule has 0 unspecified atom stereocenters. The van der Waals surface area contributed by atoms with Crippen molar-refractivity contribution in [3.05, 3.63) is 29.3 Å². The number of benzene rings is 1. The summed E-state index contributed by atoms with van der Waals surface area (Å²) < 4.78 is 0. The van der Waals surface area contributed by atoms with Crippen molar-refractivity contribution in [2.75, 3.05) is 14.1 Å². The molecule has 0 aromatic heterocycles. The molecule has 0 saturated heterocycles. The van der Waals surface area contributed by atoms with Gasteiger partial charge in [-0.3, -0.25) is 0 Å². The lowest BCUT2D eigenvalue weighted by Gasteiger charge is -2.13. The molecule has 3 heteroatoms. The Morgan fingerprint density at radius 2 is 2.06 bits per heavy atom. The number of aryl methyl sites for hydroxylation is 1. The summed E-state index contributed by atoms with van der Waals surface area (Å²) in [5.74, 6) is 0.373. The zero-order chi connectivity index (χ0) is 12.1. The number of aromatic hydroxyl groups is 1. The Bertz CT molecular complexity index is 335. The van der Waals surface area contributed by atoms with Crippen LogP contribution in [0.2, 0.25) is 0 Å². The smallest absolute Gasteiger partial charge is 0.120 e. The van der Waals surface area contributed by atoms with Crippen molar-refractivity contribution in [3.8, 4) is 5.75 Å². The van der Waals surface area contributed by atoms with Gasteiger partial charge in [0, 0.05) is 18.2 Å². The van der Waals surface area contributed by atoms with E-state index in [4.69, 9.17) is 5.73 Å². The van der Waals surface area contributed by atoms with E-state index in [1.807, 2.05) is 32.0 Å². The van der Waals surface area contributed by atoms with E-state index in [0.29, 0.717) is 5.75 Å². The standard InChI is InChI=1S/C13H22N2O/c1-10(14)4-5-11-6-7-13(16)12(8-11)9-15(2)3/h6-8,10,16H,4-5,9,14H2,1-3H3/t10-/m0/s1. The molecule has 3 nitrogen and oxygen atoms in total. The SMILES string of the molecule is C[C@H](N)CCc1ccc(O)c(CN(C)C)c1. The zero-order valence-corrected chi connectivity index (χ0v) is 10.4. The second-order valence-corrected chi connectivity index (χ2v) is 4.72. The van der Waals surface area contributed by atoms with Crippen molar-refractivity contribution in [2.24, 2.45) is 5.73 Å². The maximum absolute atomic E-state index is 9.71. The molecule has 0 heterocycles. The van der Waals surface area contributed by atoms with Crippen molar-refractivity contribution in [3.63, 3.8) is 0 Å². The van der Waals surface area contributed by atoms with E-state index in [2.05, 4.69) is 6.07 Å². The molecular formula is C13H22N2O. The first-order valence-electron chi connectivity index (χ1n) is 5.70. The van der Waals surface area contributed by atoms with Gasteiger partial charge in [-0.1, -0.05) is 12.1 Å². The first-order chi connectivity index (χ1) is 7.49. The Morgan fingerprint density at radius 3 is 2.62 bits per heavy atom. The summed E-state index contributed by atoms with van der Waals surface area (Å²) in [6.45, 7) is 2.78. The van der Waals surface area contributed by atoms with E-state index in [1.54, 1.807) is 6.07 Å². The summed E-state index contributed by atoms with van der Waals surface area (Å²) in [5.41, 5.74) is 7.95. The third-order valence-electron chi connectivity index (χ3n) is 2.52. The molecule has 16 heavy (non-hydrogen) atoms. The summed E-state index contributed by atoms with van der Waals surface area (Å²) in [4.78, 5) is 2.05. The highest BCUT2D eigenvalue weighted by atomic mass is 16.3. The van der Waals surface area contributed by atoms with Gasteiger partial charge in [-0.05, 0) is 45.5 Å². The summed E-state index contributed by atoms with van der Waals surface area (Å²) in [6, 6.07) is 6.04. The summed E-state index contributed by atoms with van der Waals surface area (Å²) in [6.07, 6.45) is 1.95. The molecule has 0 saturated carbocycles. The summed E-state index contributed by atoms with van der Waals surface area (Å²) in [5, 5.41) is 9.71. The summed E-state index contributed by atoms with van der Waals surface area (Å²) >= 11 is 0. The maximum atomic E-state index is 9.71. The van der Waals surface area contributed by atoms with Crippen LogP contribution in [0.3, 0.4) is 0 Å². The van der Waals surface area contributed by atoms with Crippen LogP contribution in [0.15, 0.2) is 18.2 Å². The van der Waals surface area contributed by atoms with Crippen molar-refractivity contribution < 1.29 is 5.11 Å². The molecule has 0 bridgehead atoms. The van der Waals surface area contributed by atoms with Gasteiger partial charge in [0.2, 0.25) is 0 Å².